The highest BCUT2D eigenvalue weighted by molar-refractivity contribution is 9.10. The molecule has 0 aliphatic rings. The Kier molecular flexibility index (Phi) is 6.16. The predicted octanol–water partition coefficient (Wildman–Crippen LogP) is 4.67. The van der Waals surface area contributed by atoms with Crippen molar-refractivity contribution in [1.29, 1.82) is 0 Å². The van der Waals surface area contributed by atoms with Gasteiger partial charge in [0.05, 0.1) is 24.1 Å². The van der Waals surface area contributed by atoms with Crippen LogP contribution in [0.2, 0.25) is 0 Å². The van der Waals surface area contributed by atoms with E-state index in [1.54, 1.807) is 36.4 Å². The summed E-state index contributed by atoms with van der Waals surface area (Å²) in [6.07, 6.45) is 1.14. The average molecular weight is 459 g/mol. The van der Waals surface area contributed by atoms with Crippen LogP contribution in [0.15, 0.2) is 83.3 Å². The maximum atomic E-state index is 12.9. The fourth-order valence-electron chi connectivity index (χ4n) is 2.78. The molecule has 0 bridgehead atoms. The molecule has 0 fully saturated rings. The summed E-state index contributed by atoms with van der Waals surface area (Å²) < 4.78 is 27.1. The fourth-order valence-corrected chi connectivity index (χ4v) is 4.08. The lowest BCUT2D eigenvalue weighted by molar-refractivity contribution is 0.102. The summed E-state index contributed by atoms with van der Waals surface area (Å²) in [5, 5.41) is 2.82. The second kappa shape index (κ2) is 8.58. The van der Waals surface area contributed by atoms with E-state index >= 15 is 0 Å². The number of hydrogen-bond donors (Lipinski definition) is 1. The SMILES string of the molecule is CS(=O)(=O)N(Cc1ccccc1)c1ccccc1C(=O)Nc1cccc(Br)c1. The number of amides is 1. The van der Waals surface area contributed by atoms with Gasteiger partial charge in [-0.15, -0.1) is 0 Å². The maximum absolute atomic E-state index is 12.9. The number of nitrogens with one attached hydrogen (secondary N) is 1. The normalized spacial score (nSPS) is 11.1. The van der Waals surface area contributed by atoms with E-state index in [1.165, 1.54) is 4.31 Å². The molecule has 3 aromatic carbocycles. The zero-order chi connectivity index (χ0) is 20.1. The van der Waals surface area contributed by atoms with Gasteiger partial charge in [-0.3, -0.25) is 9.10 Å². The molecule has 0 radical (unpaired) electrons. The Bertz CT molecular complexity index is 1090. The molecular weight excluding hydrogens is 440 g/mol. The van der Waals surface area contributed by atoms with E-state index < -0.39 is 10.0 Å². The molecule has 3 aromatic rings. The number of para-hydroxylation sites is 1. The van der Waals surface area contributed by atoms with Gasteiger partial charge in [0.15, 0.2) is 0 Å². The molecule has 0 saturated carbocycles. The van der Waals surface area contributed by atoms with Crippen molar-refractivity contribution in [3.8, 4) is 0 Å². The summed E-state index contributed by atoms with van der Waals surface area (Å²) in [6.45, 7) is 0.140. The van der Waals surface area contributed by atoms with Crippen LogP contribution in [-0.2, 0) is 16.6 Å². The van der Waals surface area contributed by atoms with E-state index in [2.05, 4.69) is 21.2 Å². The van der Waals surface area contributed by atoms with Crippen LogP contribution in [0.1, 0.15) is 15.9 Å². The van der Waals surface area contributed by atoms with Gasteiger partial charge in [-0.1, -0.05) is 64.5 Å². The second-order valence-electron chi connectivity index (χ2n) is 6.24. The third-order valence-electron chi connectivity index (χ3n) is 4.07. The number of anilines is 2. The van der Waals surface area contributed by atoms with E-state index in [-0.39, 0.29) is 18.0 Å². The zero-order valence-corrected chi connectivity index (χ0v) is 17.6. The third-order valence-corrected chi connectivity index (χ3v) is 5.69. The summed E-state index contributed by atoms with van der Waals surface area (Å²) in [5.41, 5.74) is 2.06. The molecule has 0 aromatic heterocycles. The molecular formula is C21H19BrN2O3S. The molecule has 3 rings (SSSR count). The van der Waals surface area contributed by atoms with Crippen molar-refractivity contribution >= 4 is 43.2 Å². The van der Waals surface area contributed by atoms with Crippen LogP contribution in [0.4, 0.5) is 11.4 Å². The topological polar surface area (TPSA) is 66.5 Å². The highest BCUT2D eigenvalue weighted by Crippen LogP contribution is 2.26. The van der Waals surface area contributed by atoms with Crippen LogP contribution >= 0.6 is 15.9 Å². The lowest BCUT2D eigenvalue weighted by Crippen LogP contribution is -2.31. The van der Waals surface area contributed by atoms with Gasteiger partial charge in [-0.05, 0) is 35.9 Å². The number of halogens is 1. The molecule has 0 aliphatic heterocycles. The minimum Gasteiger partial charge on any atom is -0.322 e. The fraction of sp³-hybridized carbons (Fsp3) is 0.0952. The molecule has 144 valence electrons. The molecule has 0 unspecified atom stereocenters. The van der Waals surface area contributed by atoms with Crippen LogP contribution < -0.4 is 9.62 Å². The Balaban J connectivity index is 1.97. The average Bonchev–Trinajstić information content (AvgIpc) is 2.66. The Hall–Kier alpha value is -2.64. The number of rotatable bonds is 6. The smallest absolute Gasteiger partial charge is 0.257 e. The van der Waals surface area contributed by atoms with E-state index in [0.29, 0.717) is 11.4 Å². The molecule has 7 heteroatoms. The summed E-state index contributed by atoms with van der Waals surface area (Å²) >= 11 is 3.37. The van der Waals surface area contributed by atoms with Crippen molar-refractivity contribution in [2.75, 3.05) is 15.9 Å². The van der Waals surface area contributed by atoms with Crippen molar-refractivity contribution in [2.45, 2.75) is 6.54 Å². The molecule has 0 saturated heterocycles. The highest BCUT2D eigenvalue weighted by atomic mass is 79.9. The Labute approximate surface area is 173 Å². The summed E-state index contributed by atoms with van der Waals surface area (Å²) in [5.74, 6) is -0.379. The Morgan fingerprint density at radius 3 is 2.32 bits per heavy atom. The van der Waals surface area contributed by atoms with Gasteiger partial charge in [0.25, 0.3) is 5.91 Å². The first kappa shape index (κ1) is 20.1. The summed E-state index contributed by atoms with van der Waals surface area (Å²) in [6, 6.07) is 23.2. The van der Waals surface area contributed by atoms with Crippen LogP contribution in [0.5, 0.6) is 0 Å². The lowest BCUT2D eigenvalue weighted by Gasteiger charge is -2.24. The summed E-state index contributed by atoms with van der Waals surface area (Å²) in [4.78, 5) is 12.9. The predicted molar refractivity (Wildman–Crippen MR) is 116 cm³/mol. The van der Waals surface area contributed by atoms with Gasteiger partial charge >= 0.3 is 0 Å². The number of carbonyl (C=O) groups is 1. The zero-order valence-electron chi connectivity index (χ0n) is 15.2. The van der Waals surface area contributed by atoms with Crippen molar-refractivity contribution in [1.82, 2.24) is 0 Å². The van der Waals surface area contributed by atoms with Crippen molar-refractivity contribution in [3.63, 3.8) is 0 Å². The molecule has 0 spiro atoms. The first-order valence-electron chi connectivity index (χ1n) is 8.52. The minimum absolute atomic E-state index is 0.140. The van der Waals surface area contributed by atoms with Gasteiger partial charge in [0.1, 0.15) is 0 Å². The number of benzene rings is 3. The van der Waals surface area contributed by atoms with Crippen molar-refractivity contribution in [2.24, 2.45) is 0 Å². The second-order valence-corrected chi connectivity index (χ2v) is 9.06. The molecule has 1 N–H and O–H groups in total. The molecule has 1 amide bonds. The molecule has 0 atom stereocenters. The molecule has 5 nitrogen and oxygen atoms in total. The van der Waals surface area contributed by atoms with E-state index in [4.69, 9.17) is 0 Å². The Morgan fingerprint density at radius 2 is 1.64 bits per heavy atom. The third kappa shape index (κ3) is 4.99. The molecule has 28 heavy (non-hydrogen) atoms. The first-order chi connectivity index (χ1) is 13.3. The van der Waals surface area contributed by atoms with Crippen LogP contribution in [0, 0.1) is 0 Å². The van der Waals surface area contributed by atoms with Crippen LogP contribution in [0.3, 0.4) is 0 Å². The van der Waals surface area contributed by atoms with E-state index in [0.717, 1.165) is 16.3 Å². The highest BCUT2D eigenvalue weighted by Gasteiger charge is 2.23. The van der Waals surface area contributed by atoms with Crippen LogP contribution in [0.25, 0.3) is 0 Å². The molecule has 0 heterocycles. The van der Waals surface area contributed by atoms with E-state index in [9.17, 15) is 13.2 Å². The molecule has 0 aliphatic carbocycles. The first-order valence-corrected chi connectivity index (χ1v) is 11.2. The van der Waals surface area contributed by atoms with Crippen LogP contribution in [-0.4, -0.2) is 20.6 Å². The van der Waals surface area contributed by atoms with Gasteiger partial charge in [-0.2, -0.15) is 0 Å². The standard InChI is InChI=1S/C21H19BrN2O3S/c1-28(26,27)24(15-16-8-3-2-4-9-16)20-13-6-5-12-19(20)21(25)23-18-11-7-10-17(22)14-18/h2-14H,15H2,1H3,(H,23,25). The number of sulfonamides is 1. The number of carbonyl (C=O) groups excluding carboxylic acids is 1. The number of hydrogen-bond acceptors (Lipinski definition) is 3. The van der Waals surface area contributed by atoms with Crippen molar-refractivity contribution in [3.05, 3.63) is 94.5 Å². The Morgan fingerprint density at radius 1 is 0.964 bits per heavy atom. The quantitative estimate of drug-likeness (QED) is 0.583. The van der Waals surface area contributed by atoms with Gasteiger partial charge in [-0.25, -0.2) is 8.42 Å². The summed E-state index contributed by atoms with van der Waals surface area (Å²) in [7, 11) is -3.61. The largest absolute Gasteiger partial charge is 0.322 e. The number of nitrogens with zero attached hydrogens (tertiary/aromatic N) is 1. The van der Waals surface area contributed by atoms with E-state index in [1.807, 2.05) is 42.5 Å². The maximum Gasteiger partial charge on any atom is 0.257 e. The van der Waals surface area contributed by atoms with Crippen molar-refractivity contribution < 1.29 is 13.2 Å². The minimum atomic E-state index is -3.61. The van der Waals surface area contributed by atoms with Gasteiger partial charge in [0, 0.05) is 10.2 Å². The lowest BCUT2D eigenvalue weighted by atomic mass is 10.1. The van der Waals surface area contributed by atoms with Gasteiger partial charge in [0.2, 0.25) is 10.0 Å². The van der Waals surface area contributed by atoms with Gasteiger partial charge < -0.3 is 5.32 Å². The monoisotopic (exact) mass is 458 g/mol.